The van der Waals surface area contributed by atoms with Gasteiger partial charge in [0.1, 0.15) is 0 Å². The third kappa shape index (κ3) is 1.57. The number of dihydropyridines is 1. The minimum absolute atomic E-state index is 1.16. The first-order valence-electron chi connectivity index (χ1n) is 5.20. The molecule has 0 atom stereocenters. The van der Waals surface area contributed by atoms with Crippen LogP contribution in [0, 0.1) is 0 Å². The second kappa shape index (κ2) is 3.99. The summed E-state index contributed by atoms with van der Waals surface area (Å²) < 4.78 is 0. The van der Waals surface area contributed by atoms with Gasteiger partial charge in [-0.15, -0.1) is 0 Å². The van der Waals surface area contributed by atoms with Crippen molar-refractivity contribution in [1.82, 2.24) is 5.32 Å². The number of hydrogen-bond donors (Lipinski definition) is 1. The Labute approximate surface area is 98.8 Å². The molecule has 1 aliphatic carbocycles. The zero-order valence-corrected chi connectivity index (χ0v) is 9.50. The van der Waals surface area contributed by atoms with E-state index in [1.165, 1.54) is 16.7 Å². The van der Waals surface area contributed by atoms with Crippen LogP contribution in [-0.4, -0.2) is 0 Å². The number of nitrogens with one attached hydrogen (secondary N) is 1. The quantitative estimate of drug-likeness (QED) is 0.769. The van der Waals surface area contributed by atoms with Crippen molar-refractivity contribution in [3.63, 3.8) is 0 Å². The van der Waals surface area contributed by atoms with Crippen LogP contribution in [0.2, 0.25) is 0 Å². The Morgan fingerprint density at radius 2 is 2.06 bits per heavy atom. The minimum atomic E-state index is 1.16. The smallest absolute Gasteiger partial charge is 0.0459 e. The van der Waals surface area contributed by atoms with Crippen molar-refractivity contribution in [2.24, 2.45) is 0 Å². The normalized spacial score (nSPS) is 22.4. The summed E-state index contributed by atoms with van der Waals surface area (Å²) in [6, 6.07) is 2.16. The molecule has 16 heavy (non-hydrogen) atoms. The SMILES string of the molecule is C1=CN/C(=C2/C=CC=C2c2ccsc2)C=C1. The van der Waals surface area contributed by atoms with E-state index in [0.717, 1.165) is 5.70 Å². The van der Waals surface area contributed by atoms with Crippen molar-refractivity contribution in [3.05, 3.63) is 76.3 Å². The minimum Gasteiger partial charge on any atom is -0.361 e. The van der Waals surface area contributed by atoms with Gasteiger partial charge in [-0.2, -0.15) is 11.3 Å². The molecule has 1 aromatic heterocycles. The summed E-state index contributed by atoms with van der Waals surface area (Å²) in [4.78, 5) is 0. The largest absolute Gasteiger partial charge is 0.361 e. The van der Waals surface area contributed by atoms with Crippen LogP contribution in [0.5, 0.6) is 0 Å². The molecule has 0 radical (unpaired) electrons. The highest BCUT2D eigenvalue weighted by molar-refractivity contribution is 7.08. The van der Waals surface area contributed by atoms with Gasteiger partial charge < -0.3 is 5.32 Å². The average molecular weight is 225 g/mol. The first-order chi connectivity index (χ1) is 7.95. The van der Waals surface area contributed by atoms with E-state index in [4.69, 9.17) is 0 Å². The molecule has 0 spiro atoms. The van der Waals surface area contributed by atoms with Crippen molar-refractivity contribution < 1.29 is 0 Å². The van der Waals surface area contributed by atoms with Crippen molar-refractivity contribution >= 4 is 16.9 Å². The fraction of sp³-hybridized carbons (Fsp3) is 0. The summed E-state index contributed by atoms with van der Waals surface area (Å²) in [6.45, 7) is 0. The van der Waals surface area contributed by atoms with Gasteiger partial charge >= 0.3 is 0 Å². The average Bonchev–Trinajstić information content (AvgIpc) is 3.01. The Kier molecular flexibility index (Phi) is 2.35. The maximum atomic E-state index is 3.28. The Hall–Kier alpha value is -1.80. The Morgan fingerprint density at radius 1 is 1.06 bits per heavy atom. The summed E-state index contributed by atoms with van der Waals surface area (Å²) >= 11 is 1.73. The van der Waals surface area contributed by atoms with Gasteiger partial charge in [-0.1, -0.05) is 24.3 Å². The molecule has 2 aliphatic rings. The van der Waals surface area contributed by atoms with Gasteiger partial charge in [0.2, 0.25) is 0 Å². The third-order valence-corrected chi connectivity index (χ3v) is 3.33. The first kappa shape index (κ1) is 9.43. The number of hydrogen-bond acceptors (Lipinski definition) is 2. The molecule has 78 valence electrons. The molecule has 0 amide bonds. The third-order valence-electron chi connectivity index (χ3n) is 2.65. The molecule has 0 aromatic carbocycles. The maximum absolute atomic E-state index is 3.28. The van der Waals surface area contributed by atoms with Gasteiger partial charge in [0.25, 0.3) is 0 Å². The van der Waals surface area contributed by atoms with Gasteiger partial charge in [0, 0.05) is 17.5 Å². The zero-order chi connectivity index (χ0) is 10.8. The van der Waals surface area contributed by atoms with Crippen LogP contribution in [0.25, 0.3) is 5.57 Å². The van der Waals surface area contributed by atoms with Crippen molar-refractivity contribution in [2.75, 3.05) is 0 Å². The van der Waals surface area contributed by atoms with E-state index in [1.807, 2.05) is 12.3 Å². The van der Waals surface area contributed by atoms with Gasteiger partial charge in [0.15, 0.2) is 0 Å². The van der Waals surface area contributed by atoms with E-state index in [-0.39, 0.29) is 0 Å². The molecule has 1 aliphatic heterocycles. The Morgan fingerprint density at radius 3 is 2.81 bits per heavy atom. The van der Waals surface area contributed by atoms with Crippen LogP contribution in [-0.2, 0) is 0 Å². The first-order valence-corrected chi connectivity index (χ1v) is 6.15. The van der Waals surface area contributed by atoms with Crippen molar-refractivity contribution in [3.8, 4) is 0 Å². The van der Waals surface area contributed by atoms with E-state index < -0.39 is 0 Å². The molecular formula is C14H11NS. The highest BCUT2D eigenvalue weighted by Gasteiger charge is 2.13. The lowest BCUT2D eigenvalue weighted by molar-refractivity contribution is 1.08. The van der Waals surface area contributed by atoms with Gasteiger partial charge in [0.05, 0.1) is 0 Å². The van der Waals surface area contributed by atoms with E-state index in [9.17, 15) is 0 Å². The second-order valence-corrected chi connectivity index (χ2v) is 4.42. The zero-order valence-electron chi connectivity index (χ0n) is 8.68. The molecule has 0 fully saturated rings. The molecule has 0 unspecified atom stereocenters. The summed E-state index contributed by atoms with van der Waals surface area (Å²) in [5, 5.41) is 7.57. The van der Waals surface area contributed by atoms with Crippen LogP contribution in [0.3, 0.4) is 0 Å². The molecule has 0 bridgehead atoms. The van der Waals surface area contributed by atoms with Gasteiger partial charge in [-0.05, 0) is 40.1 Å². The summed E-state index contributed by atoms with van der Waals surface area (Å²) in [7, 11) is 0. The topological polar surface area (TPSA) is 12.0 Å². The van der Waals surface area contributed by atoms with E-state index in [2.05, 4.69) is 52.5 Å². The van der Waals surface area contributed by atoms with E-state index >= 15 is 0 Å². The molecular weight excluding hydrogens is 214 g/mol. The lowest BCUT2D eigenvalue weighted by Crippen LogP contribution is -2.07. The van der Waals surface area contributed by atoms with Gasteiger partial charge in [-0.25, -0.2) is 0 Å². The highest BCUT2D eigenvalue weighted by Crippen LogP contribution is 2.32. The van der Waals surface area contributed by atoms with E-state index in [0.29, 0.717) is 0 Å². The Bertz CT molecular complexity index is 539. The Balaban J connectivity index is 2.03. The number of thiophene rings is 1. The van der Waals surface area contributed by atoms with E-state index in [1.54, 1.807) is 11.3 Å². The predicted octanol–water partition coefficient (Wildman–Crippen LogP) is 3.63. The molecule has 1 aromatic rings. The molecule has 0 saturated heterocycles. The lowest BCUT2D eigenvalue weighted by atomic mass is 10.0. The number of rotatable bonds is 1. The molecule has 2 heterocycles. The monoisotopic (exact) mass is 225 g/mol. The molecule has 1 nitrogen and oxygen atoms in total. The summed E-state index contributed by atoms with van der Waals surface area (Å²) in [6.07, 6.45) is 14.5. The van der Waals surface area contributed by atoms with Crippen LogP contribution in [0.1, 0.15) is 5.56 Å². The summed E-state index contributed by atoms with van der Waals surface area (Å²) in [5.74, 6) is 0. The number of allylic oxidation sites excluding steroid dienone is 8. The predicted molar refractivity (Wildman–Crippen MR) is 69.9 cm³/mol. The van der Waals surface area contributed by atoms with Crippen LogP contribution in [0.4, 0.5) is 0 Å². The van der Waals surface area contributed by atoms with Crippen LogP contribution >= 0.6 is 11.3 Å². The second-order valence-electron chi connectivity index (χ2n) is 3.64. The molecule has 3 rings (SSSR count). The molecule has 2 heteroatoms. The fourth-order valence-corrected chi connectivity index (χ4v) is 2.54. The maximum Gasteiger partial charge on any atom is 0.0459 e. The summed E-state index contributed by atoms with van der Waals surface area (Å²) in [5.41, 5.74) is 5.01. The van der Waals surface area contributed by atoms with Crippen molar-refractivity contribution in [1.29, 1.82) is 0 Å². The standard InChI is InChI=1S/C14H11NS/c1-2-8-15-14(6-1)13-5-3-4-12(13)11-7-9-16-10-11/h1-10,15H/b14-13-. The van der Waals surface area contributed by atoms with Crippen LogP contribution in [0.15, 0.2) is 70.8 Å². The molecule has 1 N–H and O–H groups in total. The fourth-order valence-electron chi connectivity index (χ4n) is 1.89. The lowest BCUT2D eigenvalue weighted by Gasteiger charge is -2.11. The molecule has 0 saturated carbocycles. The van der Waals surface area contributed by atoms with Crippen molar-refractivity contribution in [2.45, 2.75) is 0 Å². The van der Waals surface area contributed by atoms with Gasteiger partial charge in [-0.3, -0.25) is 0 Å². The highest BCUT2D eigenvalue weighted by atomic mass is 32.1. The van der Waals surface area contributed by atoms with Crippen LogP contribution < -0.4 is 5.32 Å².